The average molecular weight is 303 g/mol. The van der Waals surface area contributed by atoms with Gasteiger partial charge in [-0.2, -0.15) is 0 Å². The molecule has 3 heteroatoms. The van der Waals surface area contributed by atoms with Crippen molar-refractivity contribution >= 4 is 11.9 Å². The summed E-state index contributed by atoms with van der Waals surface area (Å²) in [6, 6.07) is 0. The van der Waals surface area contributed by atoms with Crippen LogP contribution in [0.5, 0.6) is 0 Å². The van der Waals surface area contributed by atoms with Crippen LogP contribution in [-0.2, 0) is 5.60 Å². The molecule has 0 aliphatic heterocycles. The Balaban J connectivity index is 2.84. The molecule has 1 heterocycles. The van der Waals surface area contributed by atoms with E-state index >= 15 is 0 Å². The maximum atomic E-state index is 14.6. The van der Waals surface area contributed by atoms with Crippen LogP contribution < -0.4 is 10.6 Å². The first-order valence-corrected chi connectivity index (χ1v) is 7.95. The van der Waals surface area contributed by atoms with Crippen LogP contribution >= 0.6 is 0 Å². The van der Waals surface area contributed by atoms with E-state index in [1.165, 1.54) is 0 Å². The summed E-state index contributed by atoms with van der Waals surface area (Å²) in [4.78, 5) is 4.32. The second-order valence-corrected chi connectivity index (χ2v) is 7.19. The molecule has 0 atom stereocenters. The van der Waals surface area contributed by atoms with Gasteiger partial charge in [-0.3, -0.25) is 4.98 Å². The highest BCUT2D eigenvalue weighted by Crippen LogP contribution is 2.26. The summed E-state index contributed by atoms with van der Waals surface area (Å²) in [5.74, 6) is 0.201. The summed E-state index contributed by atoms with van der Waals surface area (Å²) in [5, 5.41) is 11.7. The van der Waals surface area contributed by atoms with Crippen molar-refractivity contribution in [3.63, 3.8) is 0 Å². The van der Waals surface area contributed by atoms with E-state index < -0.39 is 5.60 Å². The van der Waals surface area contributed by atoms with Crippen LogP contribution in [0, 0.1) is 5.92 Å². The third kappa shape index (κ3) is 3.14. The Morgan fingerprint density at radius 1 is 1.18 bits per heavy atom. The van der Waals surface area contributed by atoms with Gasteiger partial charge in [0.25, 0.3) is 0 Å². The molecule has 120 valence electrons. The van der Waals surface area contributed by atoms with Crippen molar-refractivity contribution in [2.45, 2.75) is 59.5 Å². The van der Waals surface area contributed by atoms with Crippen molar-refractivity contribution in [1.29, 1.82) is 0 Å². The molecule has 0 amide bonds. The molecule has 0 saturated carbocycles. The Bertz CT molecular complexity index is 721. The van der Waals surface area contributed by atoms with Crippen molar-refractivity contribution in [2.24, 2.45) is 5.92 Å². The lowest BCUT2D eigenvalue weighted by atomic mass is 9.87. The van der Waals surface area contributed by atoms with E-state index in [0.717, 1.165) is 28.3 Å². The Labute approximate surface area is 132 Å². The third-order valence-corrected chi connectivity index (χ3v) is 4.22. The highest BCUT2D eigenvalue weighted by atomic mass is 19.1. The van der Waals surface area contributed by atoms with Crippen molar-refractivity contribution in [3.05, 3.63) is 39.5 Å². The zero-order valence-electron chi connectivity index (χ0n) is 14.4. The lowest BCUT2D eigenvalue weighted by molar-refractivity contribution is 0.0768. The molecule has 0 aromatic carbocycles. The first-order chi connectivity index (χ1) is 10.1. The molecular formula is C19H26FNO. The molecule has 0 fully saturated rings. The second kappa shape index (κ2) is 5.96. The number of pyridine rings is 1. The minimum atomic E-state index is -0.993. The highest BCUT2D eigenvalue weighted by molar-refractivity contribution is 5.56. The largest absolute Gasteiger partial charge is 0.386 e. The van der Waals surface area contributed by atoms with E-state index in [9.17, 15) is 9.50 Å². The summed E-state index contributed by atoms with van der Waals surface area (Å²) >= 11 is 0. The molecule has 2 nitrogen and oxygen atoms in total. The van der Waals surface area contributed by atoms with Gasteiger partial charge in [0, 0.05) is 17.0 Å². The lowest BCUT2D eigenvalue weighted by Gasteiger charge is -2.23. The molecule has 22 heavy (non-hydrogen) atoms. The number of fused-ring (bicyclic) bond motifs is 1. The monoisotopic (exact) mass is 303 g/mol. The highest BCUT2D eigenvalue weighted by Gasteiger charge is 2.24. The summed E-state index contributed by atoms with van der Waals surface area (Å²) in [7, 11) is 0. The van der Waals surface area contributed by atoms with E-state index in [0.29, 0.717) is 11.3 Å². The number of aliphatic hydroxyl groups is 1. The Hall–Kier alpha value is -1.48. The molecule has 1 aliphatic carbocycles. The Kier molecular flexibility index (Phi) is 4.57. The van der Waals surface area contributed by atoms with Gasteiger partial charge in [-0.15, -0.1) is 0 Å². The van der Waals surface area contributed by atoms with Crippen LogP contribution in [0.1, 0.15) is 65.0 Å². The number of aromatic nitrogens is 1. The minimum Gasteiger partial charge on any atom is -0.386 e. The van der Waals surface area contributed by atoms with E-state index in [-0.39, 0.29) is 11.7 Å². The quantitative estimate of drug-likeness (QED) is 0.929. The van der Waals surface area contributed by atoms with Gasteiger partial charge >= 0.3 is 0 Å². The minimum absolute atomic E-state index is 0.183. The molecule has 0 unspecified atom stereocenters. The van der Waals surface area contributed by atoms with Crippen LogP contribution in [0.3, 0.4) is 0 Å². The van der Waals surface area contributed by atoms with E-state index in [2.05, 4.69) is 38.8 Å². The van der Waals surface area contributed by atoms with Crippen LogP contribution in [0.4, 0.5) is 4.39 Å². The van der Waals surface area contributed by atoms with Crippen molar-refractivity contribution < 1.29 is 9.50 Å². The van der Waals surface area contributed by atoms with Crippen LogP contribution in [0.2, 0.25) is 0 Å². The molecule has 0 saturated heterocycles. The van der Waals surface area contributed by atoms with Gasteiger partial charge in [-0.1, -0.05) is 39.3 Å². The average Bonchev–Trinajstić information content (AvgIpc) is 2.56. The van der Waals surface area contributed by atoms with Crippen LogP contribution in [0.25, 0.3) is 11.9 Å². The normalized spacial score (nSPS) is 15.5. The summed E-state index contributed by atoms with van der Waals surface area (Å²) < 4.78 is 14.6. The van der Waals surface area contributed by atoms with Gasteiger partial charge in [-0.25, -0.2) is 4.39 Å². The molecular weight excluding hydrogens is 277 g/mol. The van der Waals surface area contributed by atoms with Gasteiger partial charge in [0.15, 0.2) is 0 Å². The number of hydrogen-bond donors (Lipinski definition) is 1. The van der Waals surface area contributed by atoms with Crippen molar-refractivity contribution in [3.8, 4) is 0 Å². The molecule has 1 N–H and O–H groups in total. The number of nitrogens with zero attached hydrogens (tertiary/aromatic N) is 1. The molecule has 0 spiro atoms. The predicted octanol–water partition coefficient (Wildman–Crippen LogP) is 3.28. The van der Waals surface area contributed by atoms with Crippen molar-refractivity contribution in [2.75, 3.05) is 0 Å². The van der Waals surface area contributed by atoms with E-state index in [1.54, 1.807) is 26.1 Å². The van der Waals surface area contributed by atoms with Gasteiger partial charge < -0.3 is 5.11 Å². The molecule has 0 bridgehead atoms. The lowest BCUT2D eigenvalue weighted by Crippen LogP contribution is -2.37. The molecule has 2 rings (SSSR count). The van der Waals surface area contributed by atoms with Gasteiger partial charge in [0.1, 0.15) is 11.2 Å². The fourth-order valence-corrected chi connectivity index (χ4v) is 2.96. The zero-order chi connectivity index (χ0) is 16.7. The van der Waals surface area contributed by atoms with Crippen molar-refractivity contribution in [1.82, 2.24) is 4.98 Å². The second-order valence-electron chi connectivity index (χ2n) is 7.19. The number of halogens is 1. The smallest absolute Gasteiger partial charge is 0.149 e. The van der Waals surface area contributed by atoms with E-state index in [4.69, 9.17) is 0 Å². The first-order valence-electron chi connectivity index (χ1n) is 7.95. The van der Waals surface area contributed by atoms with E-state index in [1.807, 2.05) is 0 Å². The maximum Gasteiger partial charge on any atom is 0.149 e. The summed E-state index contributed by atoms with van der Waals surface area (Å²) in [6.07, 6.45) is 6.02. The van der Waals surface area contributed by atoms with Crippen LogP contribution in [0.15, 0.2) is 17.8 Å². The number of rotatable bonds is 3. The summed E-state index contributed by atoms with van der Waals surface area (Å²) in [6.45, 7) is 11.8. The molecule has 0 radical (unpaired) electrons. The fraction of sp³-hybridized carbons (Fsp3) is 0.526. The van der Waals surface area contributed by atoms with Gasteiger partial charge in [0.2, 0.25) is 0 Å². The van der Waals surface area contributed by atoms with Gasteiger partial charge in [-0.05, 0) is 43.7 Å². The Morgan fingerprint density at radius 2 is 1.82 bits per heavy atom. The Morgan fingerprint density at radius 3 is 2.32 bits per heavy atom. The third-order valence-electron chi connectivity index (χ3n) is 4.22. The molecule has 1 aromatic heterocycles. The standard InChI is InChI=1S/C19H26FNO/c1-11(2)13-7-8-14-17(12(3)4)15(19(5,6)22)10-21-18(14)16(20)9-13/h8-12,22H,7H2,1-6H3. The number of allylic oxidation sites excluding steroid dienone is 2. The number of hydrogen-bond acceptors (Lipinski definition) is 2. The predicted molar refractivity (Wildman–Crippen MR) is 89.3 cm³/mol. The first kappa shape index (κ1) is 16.9. The van der Waals surface area contributed by atoms with Crippen LogP contribution in [-0.4, -0.2) is 10.1 Å². The van der Waals surface area contributed by atoms with Gasteiger partial charge in [0.05, 0.1) is 5.60 Å². The fourth-order valence-electron chi connectivity index (χ4n) is 2.96. The summed E-state index contributed by atoms with van der Waals surface area (Å²) in [5.41, 5.74) is 1.84. The maximum absolute atomic E-state index is 14.6. The SMILES string of the molecule is CC(C)C1=CC(F)=c2ncc(C(C)(C)O)c(C(C)C)c2=CC1. The zero-order valence-corrected chi connectivity index (χ0v) is 14.4. The topological polar surface area (TPSA) is 33.1 Å². The molecule has 1 aliphatic rings. The molecule has 1 aromatic rings.